The SMILES string of the molecule is COC(=O)CN(C(=O)Cc1ccn[nH]1)C(C)C. The zero-order chi connectivity index (χ0) is 12.8. The minimum Gasteiger partial charge on any atom is -0.468 e. The van der Waals surface area contributed by atoms with Crippen molar-refractivity contribution in [1.82, 2.24) is 15.1 Å². The molecule has 0 radical (unpaired) electrons. The molecule has 1 rings (SSSR count). The highest BCUT2D eigenvalue weighted by atomic mass is 16.5. The van der Waals surface area contributed by atoms with Crippen LogP contribution in [0.5, 0.6) is 0 Å². The second-order valence-corrected chi connectivity index (χ2v) is 3.95. The number of rotatable bonds is 5. The fraction of sp³-hybridized carbons (Fsp3) is 0.545. The van der Waals surface area contributed by atoms with E-state index in [9.17, 15) is 9.59 Å². The molecular formula is C11H17N3O3. The van der Waals surface area contributed by atoms with Crippen LogP contribution >= 0.6 is 0 Å². The molecule has 0 atom stereocenters. The van der Waals surface area contributed by atoms with Gasteiger partial charge in [-0.05, 0) is 19.9 Å². The number of hydrogen-bond donors (Lipinski definition) is 1. The predicted molar refractivity (Wildman–Crippen MR) is 61.2 cm³/mol. The molecule has 6 heteroatoms. The molecular weight excluding hydrogens is 222 g/mol. The number of esters is 1. The van der Waals surface area contributed by atoms with E-state index >= 15 is 0 Å². The summed E-state index contributed by atoms with van der Waals surface area (Å²) < 4.78 is 4.56. The summed E-state index contributed by atoms with van der Waals surface area (Å²) in [5.41, 5.74) is 0.727. The molecule has 94 valence electrons. The third-order valence-electron chi connectivity index (χ3n) is 2.37. The van der Waals surface area contributed by atoms with E-state index in [-0.39, 0.29) is 24.9 Å². The van der Waals surface area contributed by atoms with Crippen molar-refractivity contribution in [3.05, 3.63) is 18.0 Å². The van der Waals surface area contributed by atoms with Gasteiger partial charge in [0.2, 0.25) is 5.91 Å². The summed E-state index contributed by atoms with van der Waals surface area (Å²) in [7, 11) is 1.31. The van der Waals surface area contributed by atoms with Crippen molar-refractivity contribution >= 4 is 11.9 Å². The molecule has 0 bridgehead atoms. The van der Waals surface area contributed by atoms with Crippen LogP contribution < -0.4 is 0 Å². The highest BCUT2D eigenvalue weighted by Gasteiger charge is 2.20. The lowest BCUT2D eigenvalue weighted by atomic mass is 10.2. The van der Waals surface area contributed by atoms with Gasteiger partial charge in [0.05, 0.1) is 13.5 Å². The Morgan fingerprint density at radius 2 is 2.24 bits per heavy atom. The highest BCUT2D eigenvalue weighted by molar-refractivity contribution is 5.83. The van der Waals surface area contributed by atoms with Gasteiger partial charge in [-0.25, -0.2) is 0 Å². The molecule has 1 N–H and O–H groups in total. The fourth-order valence-corrected chi connectivity index (χ4v) is 1.41. The third-order valence-corrected chi connectivity index (χ3v) is 2.37. The Hall–Kier alpha value is -1.85. The second-order valence-electron chi connectivity index (χ2n) is 3.95. The van der Waals surface area contributed by atoms with Crippen molar-refractivity contribution in [1.29, 1.82) is 0 Å². The average Bonchev–Trinajstić information content (AvgIpc) is 2.77. The number of carbonyl (C=O) groups excluding carboxylic acids is 2. The van der Waals surface area contributed by atoms with Crippen molar-refractivity contribution < 1.29 is 14.3 Å². The van der Waals surface area contributed by atoms with Crippen LogP contribution in [0.4, 0.5) is 0 Å². The molecule has 0 spiro atoms. The Morgan fingerprint density at radius 3 is 2.71 bits per heavy atom. The maximum Gasteiger partial charge on any atom is 0.325 e. The molecule has 0 aliphatic heterocycles. The number of ether oxygens (including phenoxy) is 1. The van der Waals surface area contributed by atoms with Crippen LogP contribution in [-0.2, 0) is 20.7 Å². The molecule has 1 heterocycles. The third kappa shape index (κ3) is 3.90. The van der Waals surface area contributed by atoms with E-state index in [1.54, 1.807) is 12.3 Å². The van der Waals surface area contributed by atoms with Gasteiger partial charge < -0.3 is 9.64 Å². The largest absolute Gasteiger partial charge is 0.468 e. The van der Waals surface area contributed by atoms with Crippen LogP contribution in [0.2, 0.25) is 0 Å². The van der Waals surface area contributed by atoms with E-state index in [1.807, 2.05) is 13.8 Å². The number of aromatic amines is 1. The van der Waals surface area contributed by atoms with E-state index in [0.717, 1.165) is 5.69 Å². The Labute approximate surface area is 99.9 Å². The fourth-order valence-electron chi connectivity index (χ4n) is 1.41. The smallest absolute Gasteiger partial charge is 0.325 e. The maximum absolute atomic E-state index is 12.0. The van der Waals surface area contributed by atoms with Gasteiger partial charge in [-0.2, -0.15) is 5.10 Å². The molecule has 0 fully saturated rings. The summed E-state index contributed by atoms with van der Waals surface area (Å²) in [5.74, 6) is -0.550. The molecule has 0 aromatic carbocycles. The lowest BCUT2D eigenvalue weighted by Crippen LogP contribution is -2.41. The summed E-state index contributed by atoms with van der Waals surface area (Å²) >= 11 is 0. The number of methoxy groups -OCH3 is 1. The van der Waals surface area contributed by atoms with E-state index < -0.39 is 5.97 Å². The quantitative estimate of drug-likeness (QED) is 0.753. The number of nitrogens with one attached hydrogen (secondary N) is 1. The van der Waals surface area contributed by atoms with E-state index in [2.05, 4.69) is 14.9 Å². The molecule has 0 saturated heterocycles. The summed E-state index contributed by atoms with van der Waals surface area (Å²) in [5, 5.41) is 6.48. The van der Waals surface area contributed by atoms with Gasteiger partial charge in [0.15, 0.2) is 0 Å². The lowest BCUT2D eigenvalue weighted by Gasteiger charge is -2.25. The van der Waals surface area contributed by atoms with Crippen molar-refractivity contribution in [2.45, 2.75) is 26.3 Å². The van der Waals surface area contributed by atoms with Crippen molar-refractivity contribution in [2.75, 3.05) is 13.7 Å². The van der Waals surface area contributed by atoms with E-state index in [0.29, 0.717) is 0 Å². The van der Waals surface area contributed by atoms with Crippen LogP contribution in [0.3, 0.4) is 0 Å². The molecule has 6 nitrogen and oxygen atoms in total. The summed E-state index contributed by atoms with van der Waals surface area (Å²) in [4.78, 5) is 24.6. The van der Waals surface area contributed by atoms with Gasteiger partial charge in [-0.15, -0.1) is 0 Å². The van der Waals surface area contributed by atoms with Gasteiger partial charge >= 0.3 is 5.97 Å². The summed E-state index contributed by atoms with van der Waals surface area (Å²) in [6.07, 6.45) is 1.79. The van der Waals surface area contributed by atoms with Crippen molar-refractivity contribution in [3.8, 4) is 0 Å². The van der Waals surface area contributed by atoms with Crippen molar-refractivity contribution in [3.63, 3.8) is 0 Å². The van der Waals surface area contributed by atoms with Crippen LogP contribution in [0.25, 0.3) is 0 Å². The highest BCUT2D eigenvalue weighted by Crippen LogP contribution is 2.04. The van der Waals surface area contributed by atoms with E-state index in [4.69, 9.17) is 0 Å². The van der Waals surface area contributed by atoms with Gasteiger partial charge in [0.25, 0.3) is 0 Å². The first kappa shape index (κ1) is 13.2. The molecule has 1 amide bonds. The average molecular weight is 239 g/mol. The Kier molecular flexibility index (Phi) is 4.68. The number of aromatic nitrogens is 2. The van der Waals surface area contributed by atoms with E-state index in [1.165, 1.54) is 12.0 Å². The number of carbonyl (C=O) groups is 2. The predicted octanol–water partition coefficient (Wildman–Crippen LogP) is 0.362. The van der Waals surface area contributed by atoms with Crippen LogP contribution in [0, 0.1) is 0 Å². The monoisotopic (exact) mass is 239 g/mol. The molecule has 0 unspecified atom stereocenters. The lowest BCUT2D eigenvalue weighted by molar-refractivity contribution is -0.148. The van der Waals surface area contributed by atoms with Gasteiger partial charge in [0, 0.05) is 17.9 Å². The number of H-pyrrole nitrogens is 1. The molecule has 1 aromatic heterocycles. The Bertz CT molecular complexity index is 373. The second kappa shape index (κ2) is 6.03. The molecule has 0 saturated carbocycles. The standard InChI is InChI=1S/C11H17N3O3/c1-8(2)14(7-11(16)17-3)10(15)6-9-4-5-12-13-9/h4-5,8H,6-7H2,1-3H3,(H,12,13). The zero-order valence-corrected chi connectivity index (χ0v) is 10.3. The first-order valence-corrected chi connectivity index (χ1v) is 5.39. The van der Waals surface area contributed by atoms with Crippen LogP contribution in [-0.4, -0.2) is 46.7 Å². The summed E-state index contributed by atoms with van der Waals surface area (Å²) in [6, 6.07) is 1.68. The molecule has 0 aliphatic rings. The van der Waals surface area contributed by atoms with Crippen LogP contribution in [0.15, 0.2) is 12.3 Å². The summed E-state index contributed by atoms with van der Waals surface area (Å²) in [6.45, 7) is 3.68. The van der Waals surface area contributed by atoms with Crippen molar-refractivity contribution in [2.24, 2.45) is 0 Å². The topological polar surface area (TPSA) is 75.3 Å². The molecule has 0 aliphatic carbocycles. The number of amides is 1. The first-order valence-electron chi connectivity index (χ1n) is 5.39. The minimum atomic E-state index is -0.420. The Balaban J connectivity index is 2.64. The molecule has 17 heavy (non-hydrogen) atoms. The minimum absolute atomic E-state index is 0.0266. The Morgan fingerprint density at radius 1 is 1.53 bits per heavy atom. The van der Waals surface area contributed by atoms with Gasteiger partial charge in [0.1, 0.15) is 6.54 Å². The number of hydrogen-bond acceptors (Lipinski definition) is 4. The first-order chi connectivity index (χ1) is 8.04. The number of nitrogens with zero attached hydrogens (tertiary/aromatic N) is 2. The zero-order valence-electron chi connectivity index (χ0n) is 10.3. The van der Waals surface area contributed by atoms with Gasteiger partial charge in [-0.1, -0.05) is 0 Å². The van der Waals surface area contributed by atoms with Gasteiger partial charge in [-0.3, -0.25) is 14.7 Å². The normalized spacial score (nSPS) is 10.4. The molecule has 1 aromatic rings. The van der Waals surface area contributed by atoms with Crippen LogP contribution in [0.1, 0.15) is 19.5 Å². The maximum atomic E-state index is 12.0.